The maximum Gasteiger partial charge on any atom is 0.226 e. The van der Waals surface area contributed by atoms with Crippen LogP contribution in [0.25, 0.3) is 11.3 Å². The summed E-state index contributed by atoms with van der Waals surface area (Å²) in [5.74, 6) is -0.175. The molecule has 2 N–H and O–H groups in total. The van der Waals surface area contributed by atoms with E-state index in [9.17, 15) is 9.18 Å². The Balaban J connectivity index is 1.58. The summed E-state index contributed by atoms with van der Waals surface area (Å²) in [7, 11) is 0. The quantitative estimate of drug-likeness (QED) is 0.490. The van der Waals surface area contributed by atoms with Gasteiger partial charge in [-0.15, -0.1) is 0 Å². The lowest BCUT2D eigenvalue weighted by Crippen LogP contribution is -2.36. The van der Waals surface area contributed by atoms with Crippen LogP contribution in [0.4, 0.5) is 4.39 Å². The molecule has 2 heterocycles. The molecule has 0 unspecified atom stereocenters. The van der Waals surface area contributed by atoms with Gasteiger partial charge in [0.1, 0.15) is 28.9 Å². The Morgan fingerprint density at radius 3 is 2.88 bits per heavy atom. The highest BCUT2D eigenvalue weighted by Gasteiger charge is 2.24. The molecule has 3 rings (SSSR count). The van der Waals surface area contributed by atoms with E-state index in [1.165, 1.54) is 12.1 Å². The highest BCUT2D eigenvalue weighted by atomic mass is 35.5. The van der Waals surface area contributed by atoms with Crippen molar-refractivity contribution in [3.8, 4) is 17.3 Å². The SMILES string of the molecule is CCOC(C)(C)c1ncc(CC(=O)N[C@@H](C)Cn2ccc(-c3cc(F)c(C#N)c(Cl)c3)n2)[nH]1. The van der Waals surface area contributed by atoms with Crippen LogP contribution in [0, 0.1) is 17.1 Å². The molecule has 1 atom stereocenters. The van der Waals surface area contributed by atoms with Gasteiger partial charge in [-0.05, 0) is 45.9 Å². The van der Waals surface area contributed by atoms with Crippen LogP contribution in [-0.4, -0.2) is 38.3 Å². The summed E-state index contributed by atoms with van der Waals surface area (Å²) >= 11 is 5.98. The van der Waals surface area contributed by atoms with E-state index in [1.807, 2.05) is 27.7 Å². The number of aromatic amines is 1. The fourth-order valence-corrected chi connectivity index (χ4v) is 3.70. The van der Waals surface area contributed by atoms with E-state index in [0.717, 1.165) is 0 Å². The molecule has 2 aromatic heterocycles. The van der Waals surface area contributed by atoms with Crippen LogP contribution in [0.1, 0.15) is 44.8 Å². The normalized spacial score (nSPS) is 12.4. The Kier molecular flexibility index (Phi) is 7.51. The molecule has 0 aliphatic heterocycles. The molecular weight excluding hydrogens is 447 g/mol. The molecule has 0 spiro atoms. The van der Waals surface area contributed by atoms with E-state index in [0.29, 0.717) is 35.9 Å². The van der Waals surface area contributed by atoms with Crippen molar-refractivity contribution in [3.63, 3.8) is 0 Å². The number of nitriles is 1. The molecule has 0 bridgehead atoms. The van der Waals surface area contributed by atoms with E-state index in [1.54, 1.807) is 29.2 Å². The average Bonchev–Trinajstić information content (AvgIpc) is 3.37. The zero-order valence-corrected chi connectivity index (χ0v) is 19.7. The number of ether oxygens (including phenoxy) is 1. The average molecular weight is 473 g/mol. The van der Waals surface area contributed by atoms with Crippen LogP contribution >= 0.6 is 11.6 Å². The second kappa shape index (κ2) is 10.1. The first-order valence-corrected chi connectivity index (χ1v) is 10.9. The summed E-state index contributed by atoms with van der Waals surface area (Å²) in [4.78, 5) is 19.9. The van der Waals surface area contributed by atoms with Gasteiger partial charge >= 0.3 is 0 Å². The number of nitrogens with one attached hydrogen (secondary N) is 2. The third-order valence-corrected chi connectivity index (χ3v) is 5.31. The number of hydrogen-bond donors (Lipinski definition) is 2. The second-order valence-electron chi connectivity index (χ2n) is 8.20. The zero-order chi connectivity index (χ0) is 24.2. The predicted molar refractivity (Wildman–Crippen MR) is 122 cm³/mol. The summed E-state index contributed by atoms with van der Waals surface area (Å²) in [5, 5.41) is 16.3. The van der Waals surface area contributed by atoms with Crippen molar-refractivity contribution in [1.29, 1.82) is 5.26 Å². The van der Waals surface area contributed by atoms with Crippen molar-refractivity contribution in [2.75, 3.05) is 6.61 Å². The molecule has 0 fully saturated rings. The van der Waals surface area contributed by atoms with E-state index in [-0.39, 0.29) is 29.0 Å². The number of imidazole rings is 1. The van der Waals surface area contributed by atoms with Crippen LogP contribution in [-0.2, 0) is 28.1 Å². The van der Waals surface area contributed by atoms with Crippen molar-refractivity contribution < 1.29 is 13.9 Å². The summed E-state index contributed by atoms with van der Waals surface area (Å²) in [6.07, 6.45) is 3.54. The summed E-state index contributed by atoms with van der Waals surface area (Å²) in [6.45, 7) is 8.60. The molecule has 0 aliphatic rings. The molecule has 1 aromatic carbocycles. The van der Waals surface area contributed by atoms with Crippen molar-refractivity contribution in [2.24, 2.45) is 0 Å². The van der Waals surface area contributed by atoms with Gasteiger partial charge in [0.25, 0.3) is 0 Å². The Morgan fingerprint density at radius 1 is 1.45 bits per heavy atom. The molecule has 3 aromatic rings. The molecule has 8 nitrogen and oxygen atoms in total. The zero-order valence-electron chi connectivity index (χ0n) is 18.9. The fraction of sp³-hybridized carbons (Fsp3) is 0.391. The van der Waals surface area contributed by atoms with Gasteiger partial charge in [0, 0.05) is 36.3 Å². The smallest absolute Gasteiger partial charge is 0.226 e. The number of amides is 1. The highest BCUT2D eigenvalue weighted by Crippen LogP contribution is 2.27. The standard InChI is InChI=1S/C23H26ClFN6O2/c1-5-33-23(3,4)22-27-12-16(29-22)10-21(32)28-14(2)13-31-7-6-20(30-31)15-8-18(24)17(11-26)19(25)9-15/h6-9,12,14H,5,10,13H2,1-4H3,(H,27,29)(H,28,32)/t14-/m0/s1. The minimum Gasteiger partial charge on any atom is -0.368 e. The first kappa shape index (κ1) is 24.4. The lowest BCUT2D eigenvalue weighted by Gasteiger charge is -2.21. The first-order chi connectivity index (χ1) is 15.6. The number of halogens is 2. The van der Waals surface area contributed by atoms with Gasteiger partial charge in [0.05, 0.1) is 23.7 Å². The van der Waals surface area contributed by atoms with E-state index in [2.05, 4.69) is 20.4 Å². The lowest BCUT2D eigenvalue weighted by molar-refractivity contribution is -0.121. The third-order valence-electron chi connectivity index (χ3n) is 5.01. The predicted octanol–water partition coefficient (Wildman–Crippen LogP) is 3.96. The number of nitrogens with zero attached hydrogens (tertiary/aromatic N) is 4. The van der Waals surface area contributed by atoms with E-state index < -0.39 is 11.4 Å². The molecule has 0 aliphatic carbocycles. The van der Waals surface area contributed by atoms with Crippen molar-refractivity contribution in [2.45, 2.75) is 52.3 Å². The van der Waals surface area contributed by atoms with Gasteiger partial charge in [-0.2, -0.15) is 10.4 Å². The lowest BCUT2D eigenvalue weighted by atomic mass is 10.1. The minimum atomic E-state index is -0.693. The van der Waals surface area contributed by atoms with Gasteiger partial charge in [0.15, 0.2) is 0 Å². The number of aromatic nitrogens is 4. The van der Waals surface area contributed by atoms with Crippen LogP contribution < -0.4 is 5.32 Å². The Labute approximate surface area is 196 Å². The Hall–Kier alpha value is -3.22. The fourth-order valence-electron chi connectivity index (χ4n) is 3.45. The maximum absolute atomic E-state index is 14.0. The molecule has 33 heavy (non-hydrogen) atoms. The third kappa shape index (κ3) is 5.97. The Morgan fingerprint density at radius 2 is 2.21 bits per heavy atom. The van der Waals surface area contributed by atoms with Crippen LogP contribution in [0.5, 0.6) is 0 Å². The molecule has 1 amide bonds. The molecule has 174 valence electrons. The van der Waals surface area contributed by atoms with Gasteiger partial charge in [-0.25, -0.2) is 9.37 Å². The number of rotatable bonds is 9. The number of hydrogen-bond acceptors (Lipinski definition) is 5. The van der Waals surface area contributed by atoms with Crippen LogP contribution in [0.3, 0.4) is 0 Å². The van der Waals surface area contributed by atoms with Crippen molar-refractivity contribution >= 4 is 17.5 Å². The second-order valence-corrected chi connectivity index (χ2v) is 8.60. The molecule has 0 radical (unpaired) electrons. The first-order valence-electron chi connectivity index (χ1n) is 10.5. The minimum absolute atomic E-state index is 0.0364. The van der Waals surface area contributed by atoms with Gasteiger partial charge in [-0.1, -0.05) is 11.6 Å². The molecule has 0 saturated heterocycles. The molecular formula is C23H26ClFN6O2. The summed E-state index contributed by atoms with van der Waals surface area (Å²) in [6, 6.07) is 5.99. The largest absolute Gasteiger partial charge is 0.368 e. The number of carbonyl (C=O) groups is 1. The van der Waals surface area contributed by atoms with Gasteiger partial charge in [-0.3, -0.25) is 9.48 Å². The van der Waals surface area contributed by atoms with E-state index >= 15 is 0 Å². The molecule has 10 heteroatoms. The van der Waals surface area contributed by atoms with Crippen molar-refractivity contribution in [1.82, 2.24) is 25.1 Å². The summed E-state index contributed by atoms with van der Waals surface area (Å²) in [5.41, 5.74) is 0.930. The van der Waals surface area contributed by atoms with E-state index in [4.69, 9.17) is 21.6 Å². The van der Waals surface area contributed by atoms with Crippen molar-refractivity contribution in [3.05, 3.63) is 58.5 Å². The van der Waals surface area contributed by atoms with Gasteiger partial charge in [0.2, 0.25) is 5.91 Å². The van der Waals surface area contributed by atoms with Crippen LogP contribution in [0.2, 0.25) is 5.02 Å². The molecule has 0 saturated carbocycles. The maximum atomic E-state index is 14.0. The number of H-pyrrole nitrogens is 1. The number of carbonyl (C=O) groups excluding carboxylic acids is 1. The Bertz CT molecular complexity index is 1160. The van der Waals surface area contributed by atoms with Gasteiger partial charge < -0.3 is 15.0 Å². The topological polar surface area (TPSA) is 109 Å². The summed E-state index contributed by atoms with van der Waals surface area (Å²) < 4.78 is 21.4. The monoisotopic (exact) mass is 472 g/mol. The number of benzene rings is 1. The van der Waals surface area contributed by atoms with Crippen LogP contribution in [0.15, 0.2) is 30.6 Å². The highest BCUT2D eigenvalue weighted by molar-refractivity contribution is 6.32.